The second kappa shape index (κ2) is 5.80. The molecule has 0 spiro atoms. The highest BCUT2D eigenvalue weighted by Crippen LogP contribution is 2.09. The summed E-state index contributed by atoms with van der Waals surface area (Å²) in [6.45, 7) is 8.12. The van der Waals surface area contributed by atoms with Crippen molar-refractivity contribution in [1.29, 1.82) is 0 Å². The predicted molar refractivity (Wildman–Crippen MR) is 58.9 cm³/mol. The van der Waals surface area contributed by atoms with E-state index in [0.717, 1.165) is 65.3 Å². The zero-order valence-corrected chi connectivity index (χ0v) is 9.40. The lowest BCUT2D eigenvalue weighted by Crippen LogP contribution is -2.45. The van der Waals surface area contributed by atoms with Crippen molar-refractivity contribution in [2.45, 2.75) is 18.9 Å². The lowest BCUT2D eigenvalue weighted by atomic mass is 10.1. The van der Waals surface area contributed by atoms with E-state index in [1.807, 2.05) is 0 Å². The maximum absolute atomic E-state index is 9.54. The first-order valence-corrected chi connectivity index (χ1v) is 6.05. The van der Waals surface area contributed by atoms with Crippen LogP contribution < -0.4 is 0 Å². The molecule has 4 heteroatoms. The van der Waals surface area contributed by atoms with Crippen LogP contribution in [-0.4, -0.2) is 73.5 Å². The number of morpholine rings is 1. The number of aliphatic hydroxyl groups is 1. The van der Waals surface area contributed by atoms with Crippen molar-refractivity contribution < 1.29 is 9.84 Å². The highest BCUT2D eigenvalue weighted by molar-refractivity contribution is 4.73. The standard InChI is InChI=1S/C11H22N2O2/c14-11-2-1-3-13(10-11)5-4-12-6-8-15-9-7-12/h11,14H,1-10H2/t11-/m0/s1. The van der Waals surface area contributed by atoms with Gasteiger partial charge >= 0.3 is 0 Å². The molecule has 0 unspecified atom stereocenters. The zero-order valence-electron chi connectivity index (χ0n) is 9.40. The minimum atomic E-state index is -0.0940. The number of ether oxygens (including phenoxy) is 1. The lowest BCUT2D eigenvalue weighted by Gasteiger charge is -2.33. The van der Waals surface area contributed by atoms with Crippen molar-refractivity contribution in [2.75, 3.05) is 52.5 Å². The number of likely N-dealkylation sites (tertiary alicyclic amines) is 1. The van der Waals surface area contributed by atoms with Gasteiger partial charge < -0.3 is 9.84 Å². The van der Waals surface area contributed by atoms with Crippen LogP contribution in [0.2, 0.25) is 0 Å². The van der Waals surface area contributed by atoms with Gasteiger partial charge in [0.1, 0.15) is 0 Å². The van der Waals surface area contributed by atoms with E-state index >= 15 is 0 Å². The smallest absolute Gasteiger partial charge is 0.0667 e. The van der Waals surface area contributed by atoms with E-state index in [1.54, 1.807) is 0 Å². The number of nitrogens with zero attached hydrogens (tertiary/aromatic N) is 2. The SMILES string of the molecule is O[C@H]1CCCN(CCN2CCOCC2)C1. The topological polar surface area (TPSA) is 35.9 Å². The average molecular weight is 214 g/mol. The van der Waals surface area contributed by atoms with Crippen LogP contribution in [0.25, 0.3) is 0 Å². The molecule has 4 nitrogen and oxygen atoms in total. The van der Waals surface area contributed by atoms with Gasteiger partial charge in [-0.15, -0.1) is 0 Å². The number of aliphatic hydroxyl groups excluding tert-OH is 1. The third-order valence-corrected chi connectivity index (χ3v) is 3.32. The molecule has 0 bridgehead atoms. The fraction of sp³-hybridized carbons (Fsp3) is 1.00. The van der Waals surface area contributed by atoms with Crippen LogP contribution in [0.1, 0.15) is 12.8 Å². The minimum absolute atomic E-state index is 0.0940. The second-order valence-electron chi connectivity index (χ2n) is 4.55. The van der Waals surface area contributed by atoms with E-state index in [9.17, 15) is 5.11 Å². The van der Waals surface area contributed by atoms with Gasteiger partial charge in [0.15, 0.2) is 0 Å². The molecule has 0 aromatic rings. The second-order valence-corrected chi connectivity index (χ2v) is 4.55. The molecule has 0 saturated carbocycles. The molecule has 2 aliphatic rings. The molecule has 0 aliphatic carbocycles. The Hall–Kier alpha value is -0.160. The zero-order chi connectivity index (χ0) is 10.5. The Kier molecular flexibility index (Phi) is 4.38. The van der Waals surface area contributed by atoms with Crippen LogP contribution >= 0.6 is 0 Å². The van der Waals surface area contributed by atoms with Gasteiger partial charge in [0.25, 0.3) is 0 Å². The molecule has 2 fully saturated rings. The number of β-amino-alcohol motifs (C(OH)–C–C–N with tert-alkyl or cyclic N) is 1. The molecule has 1 atom stereocenters. The molecule has 88 valence electrons. The molecule has 2 heterocycles. The quantitative estimate of drug-likeness (QED) is 0.704. The summed E-state index contributed by atoms with van der Waals surface area (Å²) < 4.78 is 5.31. The summed E-state index contributed by atoms with van der Waals surface area (Å²) in [6, 6.07) is 0. The van der Waals surface area contributed by atoms with Crippen LogP contribution in [0, 0.1) is 0 Å². The lowest BCUT2D eigenvalue weighted by molar-refractivity contribution is 0.0240. The molecule has 2 saturated heterocycles. The molecule has 0 aromatic carbocycles. The number of hydrogen-bond acceptors (Lipinski definition) is 4. The van der Waals surface area contributed by atoms with Crippen LogP contribution in [0.3, 0.4) is 0 Å². The van der Waals surface area contributed by atoms with Crippen LogP contribution in [-0.2, 0) is 4.74 Å². The Morgan fingerprint density at radius 2 is 1.80 bits per heavy atom. The third kappa shape index (κ3) is 3.72. The van der Waals surface area contributed by atoms with E-state index in [-0.39, 0.29) is 6.10 Å². The van der Waals surface area contributed by atoms with Gasteiger partial charge in [-0.05, 0) is 19.4 Å². The molecular weight excluding hydrogens is 192 g/mol. The van der Waals surface area contributed by atoms with Gasteiger partial charge in [-0.3, -0.25) is 9.80 Å². The monoisotopic (exact) mass is 214 g/mol. The molecule has 0 radical (unpaired) electrons. The van der Waals surface area contributed by atoms with Crippen molar-refractivity contribution >= 4 is 0 Å². The summed E-state index contributed by atoms with van der Waals surface area (Å²) in [4.78, 5) is 4.83. The highest BCUT2D eigenvalue weighted by Gasteiger charge is 2.18. The van der Waals surface area contributed by atoms with Gasteiger partial charge in [-0.25, -0.2) is 0 Å². The molecule has 15 heavy (non-hydrogen) atoms. The summed E-state index contributed by atoms with van der Waals surface area (Å²) in [5.74, 6) is 0. The van der Waals surface area contributed by atoms with E-state index in [2.05, 4.69) is 9.80 Å². The van der Waals surface area contributed by atoms with Crippen LogP contribution in [0.15, 0.2) is 0 Å². The molecule has 1 N–H and O–H groups in total. The van der Waals surface area contributed by atoms with Gasteiger partial charge in [-0.1, -0.05) is 0 Å². The molecule has 0 amide bonds. The van der Waals surface area contributed by atoms with E-state index < -0.39 is 0 Å². The van der Waals surface area contributed by atoms with E-state index in [0.29, 0.717) is 0 Å². The Labute approximate surface area is 91.8 Å². The summed E-state index contributed by atoms with van der Waals surface area (Å²) in [5, 5.41) is 9.54. The van der Waals surface area contributed by atoms with Crippen molar-refractivity contribution in [2.24, 2.45) is 0 Å². The first-order valence-electron chi connectivity index (χ1n) is 6.05. The van der Waals surface area contributed by atoms with Crippen molar-refractivity contribution in [3.8, 4) is 0 Å². The van der Waals surface area contributed by atoms with Gasteiger partial charge in [0, 0.05) is 32.7 Å². The predicted octanol–water partition coefficient (Wildman–Crippen LogP) is -0.225. The first kappa shape index (κ1) is 11.3. The maximum Gasteiger partial charge on any atom is 0.0667 e. The molecule has 0 aromatic heterocycles. The van der Waals surface area contributed by atoms with Gasteiger partial charge in [0.05, 0.1) is 19.3 Å². The number of piperidine rings is 1. The summed E-state index contributed by atoms with van der Waals surface area (Å²) in [5.41, 5.74) is 0. The fourth-order valence-electron chi connectivity index (χ4n) is 2.34. The van der Waals surface area contributed by atoms with E-state index in [4.69, 9.17) is 4.74 Å². The Morgan fingerprint density at radius 3 is 2.53 bits per heavy atom. The summed E-state index contributed by atoms with van der Waals surface area (Å²) in [7, 11) is 0. The average Bonchev–Trinajstić information content (AvgIpc) is 2.28. The van der Waals surface area contributed by atoms with Gasteiger partial charge in [0.2, 0.25) is 0 Å². The van der Waals surface area contributed by atoms with Gasteiger partial charge in [-0.2, -0.15) is 0 Å². The van der Waals surface area contributed by atoms with Crippen molar-refractivity contribution in [1.82, 2.24) is 9.80 Å². The third-order valence-electron chi connectivity index (χ3n) is 3.32. The van der Waals surface area contributed by atoms with Crippen molar-refractivity contribution in [3.05, 3.63) is 0 Å². The van der Waals surface area contributed by atoms with Crippen LogP contribution in [0.4, 0.5) is 0 Å². The van der Waals surface area contributed by atoms with E-state index in [1.165, 1.54) is 0 Å². The normalized spacial score (nSPS) is 30.6. The molecule has 2 rings (SSSR count). The van der Waals surface area contributed by atoms with Crippen molar-refractivity contribution in [3.63, 3.8) is 0 Å². The largest absolute Gasteiger partial charge is 0.392 e. The minimum Gasteiger partial charge on any atom is -0.392 e. The summed E-state index contributed by atoms with van der Waals surface area (Å²) >= 11 is 0. The Balaban J connectivity index is 1.63. The highest BCUT2D eigenvalue weighted by atomic mass is 16.5. The maximum atomic E-state index is 9.54. The summed E-state index contributed by atoms with van der Waals surface area (Å²) in [6.07, 6.45) is 2.03. The number of rotatable bonds is 3. The van der Waals surface area contributed by atoms with Crippen LogP contribution in [0.5, 0.6) is 0 Å². The molecular formula is C11H22N2O2. The Bertz CT molecular complexity index is 183. The molecule has 2 aliphatic heterocycles. The first-order chi connectivity index (χ1) is 7.34. The fourth-order valence-corrected chi connectivity index (χ4v) is 2.34. The number of hydrogen-bond donors (Lipinski definition) is 1. The Morgan fingerprint density at radius 1 is 1.07 bits per heavy atom.